The van der Waals surface area contributed by atoms with E-state index in [4.69, 9.17) is 16.0 Å². The molecule has 0 spiro atoms. The second-order valence-electron chi connectivity index (χ2n) is 4.63. The van der Waals surface area contributed by atoms with Gasteiger partial charge in [0.25, 0.3) is 0 Å². The third-order valence-corrected chi connectivity index (χ3v) is 3.08. The maximum atomic E-state index is 11.7. The fourth-order valence-electron chi connectivity index (χ4n) is 1.97. The highest BCUT2D eigenvalue weighted by atomic mass is 16.5. The quantitative estimate of drug-likeness (QED) is 0.601. The Balaban J connectivity index is 2.00. The SMILES string of the molecule is [C-]#[N+]C(C(=O)OCC)c1ccc(OCc2ccccc2)cc1. The maximum absolute atomic E-state index is 11.7. The molecule has 0 N–H and O–H groups in total. The van der Waals surface area contributed by atoms with Gasteiger partial charge in [0.15, 0.2) is 0 Å². The van der Waals surface area contributed by atoms with E-state index < -0.39 is 12.0 Å². The highest BCUT2D eigenvalue weighted by Gasteiger charge is 2.27. The smallest absolute Gasteiger partial charge is 0.395 e. The molecule has 1 unspecified atom stereocenters. The zero-order valence-electron chi connectivity index (χ0n) is 12.4. The van der Waals surface area contributed by atoms with Crippen molar-refractivity contribution < 1.29 is 14.3 Å². The molecule has 0 radical (unpaired) electrons. The average molecular weight is 295 g/mol. The van der Waals surface area contributed by atoms with Gasteiger partial charge in [0.1, 0.15) is 12.4 Å². The van der Waals surface area contributed by atoms with Crippen LogP contribution in [0.25, 0.3) is 4.85 Å². The molecule has 1 atom stereocenters. The number of rotatable bonds is 6. The van der Waals surface area contributed by atoms with Crippen LogP contribution in [0.5, 0.6) is 5.75 Å². The van der Waals surface area contributed by atoms with Crippen LogP contribution in [-0.2, 0) is 16.1 Å². The molecule has 2 rings (SSSR count). The van der Waals surface area contributed by atoms with E-state index in [1.807, 2.05) is 30.3 Å². The summed E-state index contributed by atoms with van der Waals surface area (Å²) in [4.78, 5) is 15.0. The Bertz CT molecular complexity index is 644. The summed E-state index contributed by atoms with van der Waals surface area (Å²) >= 11 is 0. The summed E-state index contributed by atoms with van der Waals surface area (Å²) in [6, 6.07) is 15.9. The first-order chi connectivity index (χ1) is 10.7. The van der Waals surface area contributed by atoms with Gasteiger partial charge in [-0.25, -0.2) is 11.4 Å². The molecule has 0 heterocycles. The van der Waals surface area contributed by atoms with E-state index in [0.29, 0.717) is 17.9 Å². The van der Waals surface area contributed by atoms with Crippen LogP contribution in [0.1, 0.15) is 24.1 Å². The lowest BCUT2D eigenvalue weighted by molar-refractivity contribution is -0.143. The van der Waals surface area contributed by atoms with E-state index >= 15 is 0 Å². The Labute approximate surface area is 130 Å². The summed E-state index contributed by atoms with van der Waals surface area (Å²) in [5.41, 5.74) is 1.69. The Kier molecular flexibility index (Phi) is 5.56. The van der Waals surface area contributed by atoms with E-state index in [1.165, 1.54) is 0 Å². The van der Waals surface area contributed by atoms with Gasteiger partial charge in [0.05, 0.1) is 6.61 Å². The standard InChI is InChI=1S/C18H17NO3/c1-3-21-18(20)17(19-2)15-9-11-16(12-10-15)22-13-14-7-5-4-6-8-14/h4-12,17H,3,13H2,1H3. The molecular formula is C18H17NO3. The maximum Gasteiger partial charge on any atom is 0.395 e. The van der Waals surface area contributed by atoms with E-state index in [-0.39, 0.29) is 6.61 Å². The molecule has 0 saturated heterocycles. The molecule has 4 heteroatoms. The molecule has 0 aromatic heterocycles. The minimum atomic E-state index is -0.914. The van der Waals surface area contributed by atoms with E-state index in [1.54, 1.807) is 31.2 Å². The second kappa shape index (κ2) is 7.84. The van der Waals surface area contributed by atoms with Crippen LogP contribution in [0.3, 0.4) is 0 Å². The van der Waals surface area contributed by atoms with Crippen molar-refractivity contribution in [2.45, 2.75) is 19.6 Å². The summed E-state index contributed by atoms with van der Waals surface area (Å²) in [6.45, 7) is 9.61. The Hall–Kier alpha value is -2.80. The van der Waals surface area contributed by atoms with Crippen molar-refractivity contribution in [1.82, 2.24) is 0 Å². The van der Waals surface area contributed by atoms with Crippen LogP contribution < -0.4 is 4.74 Å². The largest absolute Gasteiger partial charge is 0.489 e. The zero-order valence-corrected chi connectivity index (χ0v) is 12.4. The van der Waals surface area contributed by atoms with Crippen molar-refractivity contribution in [2.24, 2.45) is 0 Å². The predicted molar refractivity (Wildman–Crippen MR) is 83.2 cm³/mol. The fraction of sp³-hybridized carbons (Fsp3) is 0.222. The zero-order chi connectivity index (χ0) is 15.8. The molecule has 0 saturated carbocycles. The van der Waals surface area contributed by atoms with Crippen molar-refractivity contribution >= 4 is 5.97 Å². The van der Waals surface area contributed by atoms with Crippen molar-refractivity contribution in [3.05, 3.63) is 77.1 Å². The van der Waals surface area contributed by atoms with Crippen LogP contribution in [0, 0.1) is 6.57 Å². The number of ether oxygens (including phenoxy) is 2. The van der Waals surface area contributed by atoms with Crippen LogP contribution >= 0.6 is 0 Å². The lowest BCUT2D eigenvalue weighted by atomic mass is 10.1. The van der Waals surface area contributed by atoms with Crippen molar-refractivity contribution in [2.75, 3.05) is 6.61 Å². The molecule has 2 aromatic rings. The van der Waals surface area contributed by atoms with Crippen molar-refractivity contribution in [3.63, 3.8) is 0 Å². The third-order valence-electron chi connectivity index (χ3n) is 3.08. The first-order valence-electron chi connectivity index (χ1n) is 7.04. The molecule has 0 aliphatic rings. The minimum absolute atomic E-state index is 0.267. The van der Waals surface area contributed by atoms with Gasteiger partial charge in [-0.2, -0.15) is 0 Å². The van der Waals surface area contributed by atoms with Gasteiger partial charge in [-0.05, 0) is 36.8 Å². The molecule has 0 amide bonds. The molecule has 112 valence electrons. The topological polar surface area (TPSA) is 39.9 Å². The van der Waals surface area contributed by atoms with Gasteiger partial charge >= 0.3 is 12.0 Å². The summed E-state index contributed by atoms with van der Waals surface area (Å²) in [7, 11) is 0. The van der Waals surface area contributed by atoms with E-state index in [9.17, 15) is 4.79 Å². The number of hydrogen-bond acceptors (Lipinski definition) is 3. The molecule has 4 nitrogen and oxygen atoms in total. The summed E-state index contributed by atoms with van der Waals surface area (Å²) in [5, 5.41) is 0. The Morgan fingerprint density at radius 3 is 2.41 bits per heavy atom. The van der Waals surface area contributed by atoms with Gasteiger partial charge in [-0.3, -0.25) is 4.85 Å². The monoisotopic (exact) mass is 295 g/mol. The van der Waals surface area contributed by atoms with Crippen molar-refractivity contribution in [1.29, 1.82) is 0 Å². The van der Waals surface area contributed by atoms with Crippen LogP contribution in [0.2, 0.25) is 0 Å². The predicted octanol–water partition coefficient (Wildman–Crippen LogP) is 3.79. The summed E-state index contributed by atoms with van der Waals surface area (Å²) < 4.78 is 10.6. The first kappa shape index (κ1) is 15.6. The van der Waals surface area contributed by atoms with Crippen LogP contribution in [0.15, 0.2) is 54.6 Å². The van der Waals surface area contributed by atoms with Gasteiger partial charge in [-0.1, -0.05) is 30.3 Å². The van der Waals surface area contributed by atoms with Crippen LogP contribution in [0.4, 0.5) is 0 Å². The van der Waals surface area contributed by atoms with Gasteiger partial charge in [0, 0.05) is 5.56 Å². The number of esters is 1. The van der Waals surface area contributed by atoms with Gasteiger partial charge < -0.3 is 9.47 Å². The number of nitrogens with zero attached hydrogens (tertiary/aromatic N) is 1. The molecular weight excluding hydrogens is 278 g/mol. The van der Waals surface area contributed by atoms with Gasteiger partial charge in [-0.15, -0.1) is 0 Å². The molecule has 0 aliphatic heterocycles. The number of hydrogen-bond donors (Lipinski definition) is 0. The molecule has 0 fully saturated rings. The lowest BCUT2D eigenvalue weighted by Crippen LogP contribution is -2.12. The number of benzene rings is 2. The number of carbonyl (C=O) groups excluding carboxylic acids is 1. The average Bonchev–Trinajstić information content (AvgIpc) is 2.56. The fourth-order valence-corrected chi connectivity index (χ4v) is 1.97. The molecule has 0 bridgehead atoms. The lowest BCUT2D eigenvalue weighted by Gasteiger charge is -2.08. The highest BCUT2D eigenvalue weighted by molar-refractivity contribution is 5.79. The highest BCUT2D eigenvalue weighted by Crippen LogP contribution is 2.22. The normalized spacial score (nSPS) is 11.3. The Morgan fingerprint density at radius 1 is 1.14 bits per heavy atom. The molecule has 0 aliphatic carbocycles. The second-order valence-corrected chi connectivity index (χ2v) is 4.63. The summed E-state index contributed by atoms with van der Waals surface area (Å²) in [5.74, 6) is 0.177. The van der Waals surface area contributed by atoms with E-state index in [0.717, 1.165) is 5.56 Å². The Morgan fingerprint density at radius 2 is 1.82 bits per heavy atom. The summed E-state index contributed by atoms with van der Waals surface area (Å²) in [6.07, 6.45) is 0. The molecule has 22 heavy (non-hydrogen) atoms. The van der Waals surface area contributed by atoms with Gasteiger partial charge in [0.2, 0.25) is 0 Å². The van der Waals surface area contributed by atoms with E-state index in [2.05, 4.69) is 4.85 Å². The van der Waals surface area contributed by atoms with Crippen LogP contribution in [-0.4, -0.2) is 12.6 Å². The first-order valence-corrected chi connectivity index (χ1v) is 7.04. The minimum Gasteiger partial charge on any atom is -0.489 e. The molecule has 2 aromatic carbocycles. The van der Waals surface area contributed by atoms with Crippen molar-refractivity contribution in [3.8, 4) is 5.75 Å². The number of carbonyl (C=O) groups is 1. The third kappa shape index (κ3) is 4.10.